The average molecular weight is 530 g/mol. The Kier molecular flexibility index (Phi) is 3.74. The summed E-state index contributed by atoms with van der Waals surface area (Å²) in [5, 5.41) is 3.37. The molecule has 0 N–H and O–H groups in total. The molecule has 5 aromatic carbocycles. The molecule has 0 fully saturated rings. The molecule has 0 saturated carbocycles. The summed E-state index contributed by atoms with van der Waals surface area (Å²) in [6.45, 7) is 0. The van der Waals surface area contributed by atoms with E-state index in [-0.39, 0.29) is 47.7 Å². The molecule has 2 heterocycles. The summed E-state index contributed by atoms with van der Waals surface area (Å²) in [7, 11) is 0. The van der Waals surface area contributed by atoms with Gasteiger partial charge in [-0.15, -0.1) is 0 Å². The van der Waals surface area contributed by atoms with Crippen LogP contribution in [0.5, 0.6) is 0 Å². The molecule has 34 heavy (non-hydrogen) atoms. The van der Waals surface area contributed by atoms with Gasteiger partial charge in [-0.05, 0) is 23.6 Å². The second-order valence-corrected chi connectivity index (χ2v) is 9.52. The van der Waals surface area contributed by atoms with Gasteiger partial charge in [0.15, 0.2) is 0 Å². The standard InChI is InChI=1S/C24H4Cl4O6/c25-9-3-7-11-8(23(31)33-22(7)30)4-10(26)15-16(11)12(9)5-1-2-6-14-13(5)17(15)19(27)20(28)18(14)24(32)34-21(6)29/h1-4H. The van der Waals surface area contributed by atoms with Gasteiger partial charge in [-0.25, -0.2) is 19.2 Å². The van der Waals surface area contributed by atoms with Gasteiger partial charge in [0.2, 0.25) is 0 Å². The van der Waals surface area contributed by atoms with Gasteiger partial charge in [-0.3, -0.25) is 0 Å². The minimum atomic E-state index is -0.922. The molecule has 2 aliphatic heterocycles. The van der Waals surface area contributed by atoms with Crippen LogP contribution >= 0.6 is 46.4 Å². The first-order chi connectivity index (χ1) is 16.2. The third-order valence-corrected chi connectivity index (χ3v) is 7.85. The van der Waals surface area contributed by atoms with E-state index in [2.05, 4.69) is 0 Å². The summed E-state index contributed by atoms with van der Waals surface area (Å²) in [6.07, 6.45) is 0. The zero-order valence-corrected chi connectivity index (χ0v) is 19.3. The number of rotatable bonds is 0. The Hall–Kier alpha value is -3.16. The van der Waals surface area contributed by atoms with Crippen LogP contribution in [-0.2, 0) is 9.47 Å². The maximum Gasteiger partial charge on any atom is 0.348 e. The normalized spacial score (nSPS) is 15.2. The fourth-order valence-electron chi connectivity index (χ4n) is 5.15. The number of halogens is 4. The van der Waals surface area contributed by atoms with Gasteiger partial charge in [-0.2, -0.15) is 0 Å². The SMILES string of the molecule is O=C1OC(=O)c2c(Cl)c(Cl)c3c4c(Cl)cc5c6c(cc(Cl)c(c7ccc1c2c73)c64)C(=O)OC5=O. The molecular weight excluding hydrogens is 526 g/mol. The molecule has 6 nitrogen and oxygen atoms in total. The predicted molar refractivity (Wildman–Crippen MR) is 127 cm³/mol. The van der Waals surface area contributed by atoms with E-state index in [9.17, 15) is 19.2 Å². The zero-order valence-electron chi connectivity index (χ0n) is 16.3. The highest BCUT2D eigenvalue weighted by atomic mass is 35.5. The van der Waals surface area contributed by atoms with Gasteiger partial charge in [0.1, 0.15) is 0 Å². The Bertz CT molecular complexity index is 1900. The van der Waals surface area contributed by atoms with Gasteiger partial charge in [0, 0.05) is 47.7 Å². The number of ether oxygens (including phenoxy) is 2. The van der Waals surface area contributed by atoms with Crippen molar-refractivity contribution < 1.29 is 28.7 Å². The smallest absolute Gasteiger partial charge is 0.348 e. The molecule has 7 rings (SSSR count). The van der Waals surface area contributed by atoms with Gasteiger partial charge in [0.25, 0.3) is 0 Å². The fraction of sp³-hybridized carbons (Fsp3) is 0. The van der Waals surface area contributed by atoms with E-state index >= 15 is 0 Å². The van der Waals surface area contributed by atoms with Crippen molar-refractivity contribution in [1.29, 1.82) is 0 Å². The molecule has 0 radical (unpaired) electrons. The van der Waals surface area contributed by atoms with Crippen LogP contribution in [0.15, 0.2) is 24.3 Å². The highest BCUT2D eigenvalue weighted by Crippen LogP contribution is 2.53. The van der Waals surface area contributed by atoms with E-state index in [1.54, 1.807) is 6.07 Å². The Morgan fingerprint density at radius 2 is 1.09 bits per heavy atom. The molecular formula is C24H4Cl4O6. The quantitative estimate of drug-likeness (QED) is 0.0931. The summed E-state index contributed by atoms with van der Waals surface area (Å²) in [4.78, 5) is 50.2. The first-order valence-electron chi connectivity index (χ1n) is 9.70. The summed E-state index contributed by atoms with van der Waals surface area (Å²) in [5.74, 6) is -3.43. The van der Waals surface area contributed by atoms with Crippen LogP contribution in [-0.4, -0.2) is 23.9 Å². The van der Waals surface area contributed by atoms with Crippen LogP contribution in [0.25, 0.3) is 43.1 Å². The van der Waals surface area contributed by atoms with Crippen molar-refractivity contribution in [3.63, 3.8) is 0 Å². The molecule has 0 spiro atoms. The molecule has 0 atom stereocenters. The number of hydrogen-bond acceptors (Lipinski definition) is 6. The lowest BCUT2D eigenvalue weighted by atomic mass is 9.83. The van der Waals surface area contributed by atoms with Crippen molar-refractivity contribution >= 4 is 113 Å². The van der Waals surface area contributed by atoms with Crippen molar-refractivity contribution in [2.45, 2.75) is 0 Å². The molecule has 164 valence electrons. The molecule has 0 saturated heterocycles. The second kappa shape index (κ2) is 6.29. The average Bonchev–Trinajstić information content (AvgIpc) is 2.78. The van der Waals surface area contributed by atoms with Crippen LogP contribution in [0.2, 0.25) is 20.1 Å². The molecule has 0 amide bonds. The van der Waals surface area contributed by atoms with Crippen LogP contribution in [0, 0.1) is 0 Å². The van der Waals surface area contributed by atoms with Crippen molar-refractivity contribution in [2.75, 3.05) is 0 Å². The lowest BCUT2D eigenvalue weighted by Gasteiger charge is -2.25. The Morgan fingerprint density at radius 1 is 0.500 bits per heavy atom. The van der Waals surface area contributed by atoms with Crippen LogP contribution in [0.1, 0.15) is 41.4 Å². The maximum atomic E-state index is 12.6. The largest absolute Gasteiger partial charge is 0.386 e. The predicted octanol–water partition coefficient (Wildman–Crippen LogP) is 6.97. The minimum absolute atomic E-state index is 0.00273. The van der Waals surface area contributed by atoms with E-state index in [4.69, 9.17) is 55.9 Å². The number of esters is 4. The first-order valence-corrected chi connectivity index (χ1v) is 11.2. The van der Waals surface area contributed by atoms with Gasteiger partial charge in [0.05, 0.1) is 32.3 Å². The van der Waals surface area contributed by atoms with Crippen molar-refractivity contribution in [2.24, 2.45) is 0 Å². The molecule has 2 aliphatic rings. The van der Waals surface area contributed by atoms with E-state index in [0.717, 1.165) is 0 Å². The van der Waals surface area contributed by atoms with E-state index < -0.39 is 23.9 Å². The summed E-state index contributed by atoms with van der Waals surface area (Å²) in [6, 6.07) is 5.95. The Balaban J connectivity index is 1.92. The Labute approximate surface area is 208 Å². The maximum absolute atomic E-state index is 12.6. The fourth-order valence-corrected chi connectivity index (χ4v) is 6.30. The topological polar surface area (TPSA) is 86.7 Å². The molecule has 0 aromatic heterocycles. The molecule has 0 aliphatic carbocycles. The number of benzene rings is 5. The molecule has 10 heteroatoms. The number of carbonyl (C=O) groups is 4. The van der Waals surface area contributed by atoms with E-state index in [1.807, 2.05) is 0 Å². The third-order valence-electron chi connectivity index (χ3n) is 6.40. The number of hydrogen-bond donors (Lipinski definition) is 0. The van der Waals surface area contributed by atoms with Crippen LogP contribution < -0.4 is 0 Å². The third kappa shape index (κ3) is 2.16. The van der Waals surface area contributed by atoms with Crippen LogP contribution in [0.4, 0.5) is 0 Å². The lowest BCUT2D eigenvalue weighted by Crippen LogP contribution is -2.21. The lowest BCUT2D eigenvalue weighted by molar-refractivity contribution is 0.0373. The number of carbonyl (C=O) groups excluding carboxylic acids is 4. The number of cyclic esters (lactones) is 4. The first kappa shape index (κ1) is 20.2. The summed E-state index contributed by atoms with van der Waals surface area (Å²) in [5.41, 5.74) is 0.299. The van der Waals surface area contributed by atoms with Gasteiger partial charge >= 0.3 is 23.9 Å². The molecule has 0 bridgehead atoms. The van der Waals surface area contributed by atoms with E-state index in [0.29, 0.717) is 37.7 Å². The summed E-state index contributed by atoms with van der Waals surface area (Å²) < 4.78 is 9.72. The number of fused-ring (bicyclic) bond motifs is 2. The molecule has 0 unspecified atom stereocenters. The van der Waals surface area contributed by atoms with Gasteiger partial charge < -0.3 is 9.47 Å². The van der Waals surface area contributed by atoms with Crippen molar-refractivity contribution in [1.82, 2.24) is 0 Å². The monoisotopic (exact) mass is 528 g/mol. The van der Waals surface area contributed by atoms with Crippen molar-refractivity contribution in [3.8, 4) is 0 Å². The van der Waals surface area contributed by atoms with Crippen molar-refractivity contribution in [3.05, 3.63) is 66.6 Å². The minimum Gasteiger partial charge on any atom is -0.386 e. The summed E-state index contributed by atoms with van der Waals surface area (Å²) >= 11 is 26.6. The Morgan fingerprint density at radius 3 is 1.76 bits per heavy atom. The molecule has 5 aromatic rings. The van der Waals surface area contributed by atoms with Crippen LogP contribution in [0.3, 0.4) is 0 Å². The van der Waals surface area contributed by atoms with E-state index in [1.165, 1.54) is 18.2 Å². The zero-order chi connectivity index (χ0) is 23.8. The van der Waals surface area contributed by atoms with Gasteiger partial charge in [-0.1, -0.05) is 52.5 Å². The highest BCUT2D eigenvalue weighted by molar-refractivity contribution is 6.56. The second-order valence-electron chi connectivity index (χ2n) is 7.95. The highest BCUT2D eigenvalue weighted by Gasteiger charge is 2.36.